The number of benzene rings is 1. The highest BCUT2D eigenvalue weighted by atomic mass is 16.6. The average Bonchev–Trinajstić information content (AvgIpc) is 2.29. The summed E-state index contributed by atoms with van der Waals surface area (Å²) >= 11 is 0. The van der Waals surface area contributed by atoms with Crippen LogP contribution in [0.25, 0.3) is 0 Å². The number of hydrogen-bond donors (Lipinski definition) is 0. The molecule has 16 heavy (non-hydrogen) atoms. The molecule has 0 spiro atoms. The number of aliphatic imine (C=N–C) groups is 1. The molecule has 0 saturated heterocycles. The highest BCUT2D eigenvalue weighted by molar-refractivity contribution is 6.36. The second-order valence-corrected chi connectivity index (χ2v) is 2.87. The van der Waals surface area contributed by atoms with E-state index in [1.54, 1.807) is 30.3 Å². The first kappa shape index (κ1) is 11.9. The van der Waals surface area contributed by atoms with Crippen LogP contribution in [0.15, 0.2) is 35.3 Å². The van der Waals surface area contributed by atoms with Crippen LogP contribution in [0.5, 0.6) is 5.75 Å². The molecule has 0 saturated carbocycles. The summed E-state index contributed by atoms with van der Waals surface area (Å²) in [5.74, 6) is -0.293. The molecule has 1 aromatic rings. The number of carbonyl (C=O) groups is 2. The molecule has 1 amide bonds. The lowest BCUT2D eigenvalue weighted by Gasteiger charge is -2.00. The Hall–Kier alpha value is -2.17. The zero-order valence-corrected chi connectivity index (χ0v) is 8.97. The van der Waals surface area contributed by atoms with Gasteiger partial charge < -0.3 is 9.47 Å². The van der Waals surface area contributed by atoms with E-state index in [4.69, 9.17) is 4.74 Å². The normalized spacial score (nSPS) is 10.8. The topological polar surface area (TPSA) is 65.0 Å². The molecule has 0 unspecified atom stereocenters. The smallest absolute Gasteiger partial charge is 0.439 e. The molecule has 0 aliphatic heterocycles. The minimum absolute atomic E-state index is 0.0524. The van der Waals surface area contributed by atoms with Gasteiger partial charge in [-0.25, -0.2) is 9.59 Å². The van der Waals surface area contributed by atoms with Crippen LogP contribution < -0.4 is 4.74 Å². The van der Waals surface area contributed by atoms with Crippen molar-refractivity contribution in [2.24, 2.45) is 4.99 Å². The lowest BCUT2D eigenvalue weighted by atomic mass is 10.3. The van der Waals surface area contributed by atoms with E-state index in [0.717, 1.165) is 0 Å². The summed E-state index contributed by atoms with van der Waals surface area (Å²) in [6.07, 6.45) is -0.853. The molecule has 0 radical (unpaired) electrons. The molecular weight excluding hydrogens is 210 g/mol. The molecule has 84 valence electrons. The van der Waals surface area contributed by atoms with Crippen molar-refractivity contribution in [3.63, 3.8) is 0 Å². The lowest BCUT2D eigenvalue weighted by molar-refractivity contribution is -0.132. The van der Waals surface area contributed by atoms with E-state index in [0.29, 0.717) is 5.75 Å². The van der Waals surface area contributed by atoms with Gasteiger partial charge >= 0.3 is 12.1 Å². The van der Waals surface area contributed by atoms with Crippen LogP contribution in [0, 0.1) is 0 Å². The van der Waals surface area contributed by atoms with Crippen molar-refractivity contribution < 1.29 is 19.1 Å². The van der Waals surface area contributed by atoms with Crippen molar-refractivity contribution >= 4 is 17.8 Å². The number of carbonyl (C=O) groups excluding carboxylic acids is 2. The monoisotopic (exact) mass is 221 g/mol. The van der Waals surface area contributed by atoms with E-state index in [-0.39, 0.29) is 5.71 Å². The Bertz CT molecular complexity index is 411. The number of para-hydroxylation sites is 1. The maximum absolute atomic E-state index is 11.2. The van der Waals surface area contributed by atoms with Crippen LogP contribution >= 0.6 is 0 Å². The molecule has 1 rings (SSSR count). The zero-order valence-electron chi connectivity index (χ0n) is 8.97. The molecule has 0 atom stereocenters. The maximum Gasteiger partial charge on any atom is 0.439 e. The Morgan fingerprint density at radius 2 is 1.81 bits per heavy atom. The predicted molar refractivity (Wildman–Crippen MR) is 57.6 cm³/mol. The van der Waals surface area contributed by atoms with E-state index in [1.165, 1.54) is 14.0 Å². The first-order valence-corrected chi connectivity index (χ1v) is 4.54. The number of rotatable bonds is 2. The standard InChI is InChI=1S/C11H11NO4/c1-8(10(13)15-2)12-11(14)16-9-6-4-3-5-7-9/h3-7H,1-2H3. The van der Waals surface area contributed by atoms with Crippen LogP contribution in [-0.4, -0.2) is 24.9 Å². The van der Waals surface area contributed by atoms with Crippen molar-refractivity contribution in [3.8, 4) is 5.75 Å². The van der Waals surface area contributed by atoms with E-state index in [2.05, 4.69) is 9.73 Å². The highest BCUT2D eigenvalue weighted by Crippen LogP contribution is 2.09. The van der Waals surface area contributed by atoms with Crippen molar-refractivity contribution in [1.29, 1.82) is 0 Å². The number of amides is 1. The van der Waals surface area contributed by atoms with Gasteiger partial charge in [0.2, 0.25) is 0 Å². The molecule has 0 aliphatic carbocycles. The Morgan fingerprint density at radius 1 is 1.19 bits per heavy atom. The van der Waals surface area contributed by atoms with Gasteiger partial charge in [0, 0.05) is 0 Å². The van der Waals surface area contributed by atoms with Crippen LogP contribution in [-0.2, 0) is 9.53 Å². The van der Waals surface area contributed by atoms with E-state index >= 15 is 0 Å². The molecule has 0 fully saturated rings. The van der Waals surface area contributed by atoms with Crippen LogP contribution in [0.1, 0.15) is 6.92 Å². The summed E-state index contributed by atoms with van der Waals surface area (Å²) in [5.41, 5.74) is -0.0524. The minimum Gasteiger partial charge on any atom is -0.465 e. The lowest BCUT2D eigenvalue weighted by Crippen LogP contribution is -2.15. The summed E-state index contributed by atoms with van der Waals surface area (Å²) in [5, 5.41) is 0. The van der Waals surface area contributed by atoms with Gasteiger partial charge in [-0.1, -0.05) is 18.2 Å². The summed E-state index contributed by atoms with van der Waals surface area (Å²) in [4.78, 5) is 25.6. The van der Waals surface area contributed by atoms with Gasteiger partial charge in [0.05, 0.1) is 7.11 Å². The third kappa shape index (κ3) is 3.53. The molecule has 1 aromatic carbocycles. The number of methoxy groups -OCH3 is 1. The summed E-state index contributed by atoms with van der Waals surface area (Å²) in [6, 6.07) is 8.46. The van der Waals surface area contributed by atoms with Gasteiger partial charge in [-0.3, -0.25) is 0 Å². The van der Waals surface area contributed by atoms with Crippen molar-refractivity contribution in [2.75, 3.05) is 7.11 Å². The SMILES string of the molecule is COC(=O)C(C)=NC(=O)Oc1ccccc1. The van der Waals surface area contributed by atoms with Gasteiger partial charge in [-0.15, -0.1) is 0 Å². The Kier molecular flexibility index (Phi) is 4.20. The first-order chi connectivity index (χ1) is 7.63. The van der Waals surface area contributed by atoms with Crippen LogP contribution in [0.2, 0.25) is 0 Å². The van der Waals surface area contributed by atoms with Crippen molar-refractivity contribution in [2.45, 2.75) is 6.92 Å². The number of esters is 1. The third-order valence-electron chi connectivity index (χ3n) is 1.69. The Morgan fingerprint density at radius 3 is 2.38 bits per heavy atom. The average molecular weight is 221 g/mol. The fourth-order valence-electron chi connectivity index (χ4n) is 0.942. The van der Waals surface area contributed by atoms with Gasteiger partial charge in [0.25, 0.3) is 0 Å². The van der Waals surface area contributed by atoms with Crippen LogP contribution in [0.4, 0.5) is 4.79 Å². The van der Waals surface area contributed by atoms with Gasteiger partial charge in [0.1, 0.15) is 11.5 Å². The fourth-order valence-corrected chi connectivity index (χ4v) is 0.942. The molecule has 0 N–H and O–H groups in total. The third-order valence-corrected chi connectivity index (χ3v) is 1.69. The van der Waals surface area contributed by atoms with Crippen LogP contribution in [0.3, 0.4) is 0 Å². The predicted octanol–water partition coefficient (Wildman–Crippen LogP) is 1.82. The second kappa shape index (κ2) is 5.65. The van der Waals surface area contributed by atoms with Gasteiger partial charge in [0.15, 0.2) is 0 Å². The molecule has 0 aromatic heterocycles. The van der Waals surface area contributed by atoms with Gasteiger partial charge in [-0.2, -0.15) is 4.99 Å². The number of hydrogen-bond acceptors (Lipinski definition) is 4. The Balaban J connectivity index is 2.64. The number of ether oxygens (including phenoxy) is 2. The van der Waals surface area contributed by atoms with E-state index in [9.17, 15) is 9.59 Å². The largest absolute Gasteiger partial charge is 0.465 e. The summed E-state index contributed by atoms with van der Waals surface area (Å²) < 4.78 is 9.23. The molecular formula is C11H11NO4. The first-order valence-electron chi connectivity index (χ1n) is 4.54. The second-order valence-electron chi connectivity index (χ2n) is 2.87. The summed E-state index contributed by atoms with van der Waals surface area (Å²) in [7, 11) is 1.21. The molecule has 0 aliphatic rings. The summed E-state index contributed by atoms with van der Waals surface area (Å²) in [6.45, 7) is 1.37. The van der Waals surface area contributed by atoms with E-state index in [1.807, 2.05) is 0 Å². The van der Waals surface area contributed by atoms with Crippen molar-refractivity contribution in [3.05, 3.63) is 30.3 Å². The maximum atomic E-state index is 11.2. The van der Waals surface area contributed by atoms with E-state index < -0.39 is 12.1 Å². The fraction of sp³-hybridized carbons (Fsp3) is 0.182. The molecule has 5 heteroatoms. The quantitative estimate of drug-likeness (QED) is 0.564. The van der Waals surface area contributed by atoms with Gasteiger partial charge in [-0.05, 0) is 19.1 Å². The molecule has 0 heterocycles. The minimum atomic E-state index is -0.853. The number of nitrogens with zero attached hydrogens (tertiary/aromatic N) is 1. The Labute approximate surface area is 92.7 Å². The molecule has 0 bridgehead atoms. The van der Waals surface area contributed by atoms with Crippen molar-refractivity contribution in [1.82, 2.24) is 0 Å². The highest BCUT2D eigenvalue weighted by Gasteiger charge is 2.09. The molecule has 5 nitrogen and oxygen atoms in total. The zero-order chi connectivity index (χ0) is 12.0.